The number of ether oxygens (including phenoxy) is 1. The van der Waals surface area contributed by atoms with Gasteiger partial charge in [0.2, 0.25) is 0 Å². The van der Waals surface area contributed by atoms with Crippen LogP contribution in [0.5, 0.6) is 5.75 Å². The molecule has 4 nitrogen and oxygen atoms in total. The number of hydrogen-bond acceptors (Lipinski definition) is 3. The van der Waals surface area contributed by atoms with Gasteiger partial charge in [-0.2, -0.15) is 0 Å². The van der Waals surface area contributed by atoms with Crippen molar-refractivity contribution in [1.82, 2.24) is 5.32 Å². The minimum atomic E-state index is -0.487. The highest BCUT2D eigenvalue weighted by Gasteiger charge is 2.11. The quantitative estimate of drug-likeness (QED) is 0.853. The third-order valence-corrected chi connectivity index (χ3v) is 3.24. The number of nitrogen functional groups attached to an aromatic ring is 1. The SMILES string of the molecule is COc1ccc(CNC(=O)c2ccc(F)cc2Cl)cc1N. The summed E-state index contributed by atoms with van der Waals surface area (Å²) in [4.78, 5) is 12.0. The van der Waals surface area contributed by atoms with Crippen molar-refractivity contribution in [1.29, 1.82) is 0 Å². The number of rotatable bonds is 4. The van der Waals surface area contributed by atoms with Crippen LogP contribution in [0.15, 0.2) is 36.4 Å². The molecule has 3 N–H and O–H groups in total. The lowest BCUT2D eigenvalue weighted by molar-refractivity contribution is 0.0951. The average molecular weight is 309 g/mol. The molecule has 0 aliphatic heterocycles. The first-order valence-electron chi connectivity index (χ1n) is 6.17. The zero-order valence-electron chi connectivity index (χ0n) is 11.3. The van der Waals surface area contributed by atoms with Gasteiger partial charge in [-0.25, -0.2) is 4.39 Å². The van der Waals surface area contributed by atoms with Crippen LogP contribution in [0.25, 0.3) is 0 Å². The molecule has 110 valence electrons. The summed E-state index contributed by atoms with van der Waals surface area (Å²) >= 11 is 5.83. The van der Waals surface area contributed by atoms with Gasteiger partial charge in [-0.05, 0) is 35.9 Å². The normalized spacial score (nSPS) is 10.2. The molecule has 0 fully saturated rings. The number of nitrogens with one attached hydrogen (secondary N) is 1. The lowest BCUT2D eigenvalue weighted by atomic mass is 10.1. The zero-order chi connectivity index (χ0) is 15.4. The van der Waals surface area contributed by atoms with Crippen LogP contribution in [0.1, 0.15) is 15.9 Å². The van der Waals surface area contributed by atoms with Gasteiger partial charge in [0.25, 0.3) is 5.91 Å². The van der Waals surface area contributed by atoms with E-state index in [1.54, 1.807) is 18.2 Å². The van der Waals surface area contributed by atoms with Crippen LogP contribution in [-0.2, 0) is 6.54 Å². The molecule has 0 heterocycles. The third-order valence-electron chi connectivity index (χ3n) is 2.92. The average Bonchev–Trinajstić information content (AvgIpc) is 2.45. The van der Waals surface area contributed by atoms with Crippen molar-refractivity contribution in [3.63, 3.8) is 0 Å². The molecule has 2 aromatic carbocycles. The Bertz CT molecular complexity index is 677. The van der Waals surface area contributed by atoms with E-state index < -0.39 is 5.82 Å². The molecule has 0 saturated heterocycles. The van der Waals surface area contributed by atoms with Gasteiger partial charge >= 0.3 is 0 Å². The van der Waals surface area contributed by atoms with E-state index in [-0.39, 0.29) is 23.0 Å². The zero-order valence-corrected chi connectivity index (χ0v) is 12.1. The van der Waals surface area contributed by atoms with E-state index in [2.05, 4.69) is 5.32 Å². The molecule has 21 heavy (non-hydrogen) atoms. The van der Waals surface area contributed by atoms with Crippen molar-refractivity contribution in [3.8, 4) is 5.75 Å². The third kappa shape index (κ3) is 3.64. The van der Waals surface area contributed by atoms with E-state index in [0.717, 1.165) is 11.6 Å². The van der Waals surface area contributed by atoms with Gasteiger partial charge in [0.1, 0.15) is 11.6 Å². The second-order valence-corrected chi connectivity index (χ2v) is 4.79. The smallest absolute Gasteiger partial charge is 0.253 e. The Labute approximate surface area is 126 Å². The highest BCUT2D eigenvalue weighted by Crippen LogP contribution is 2.22. The summed E-state index contributed by atoms with van der Waals surface area (Å²) in [6.07, 6.45) is 0. The number of benzene rings is 2. The van der Waals surface area contributed by atoms with E-state index in [4.69, 9.17) is 22.1 Å². The lowest BCUT2D eigenvalue weighted by Gasteiger charge is -2.09. The van der Waals surface area contributed by atoms with Crippen molar-refractivity contribution in [2.75, 3.05) is 12.8 Å². The first-order valence-corrected chi connectivity index (χ1v) is 6.54. The van der Waals surface area contributed by atoms with Gasteiger partial charge in [-0.3, -0.25) is 4.79 Å². The monoisotopic (exact) mass is 308 g/mol. The van der Waals surface area contributed by atoms with Crippen LogP contribution in [-0.4, -0.2) is 13.0 Å². The predicted molar refractivity (Wildman–Crippen MR) is 80.0 cm³/mol. The van der Waals surface area contributed by atoms with Gasteiger partial charge in [0.15, 0.2) is 0 Å². The molecule has 0 bridgehead atoms. The van der Waals surface area contributed by atoms with Gasteiger partial charge in [0.05, 0.1) is 23.4 Å². The maximum Gasteiger partial charge on any atom is 0.253 e. The maximum absolute atomic E-state index is 12.9. The Balaban J connectivity index is 2.05. The minimum absolute atomic E-state index is 0.0711. The van der Waals surface area contributed by atoms with Gasteiger partial charge < -0.3 is 15.8 Å². The van der Waals surface area contributed by atoms with Crippen molar-refractivity contribution < 1.29 is 13.9 Å². The largest absolute Gasteiger partial charge is 0.495 e. The van der Waals surface area contributed by atoms with Crippen molar-refractivity contribution in [3.05, 3.63) is 58.4 Å². The fourth-order valence-electron chi connectivity index (χ4n) is 1.84. The number of halogens is 2. The van der Waals surface area contributed by atoms with Crippen LogP contribution in [0.3, 0.4) is 0 Å². The summed E-state index contributed by atoms with van der Waals surface area (Å²) in [5.41, 5.74) is 7.32. The van der Waals surface area contributed by atoms with Crippen LogP contribution < -0.4 is 15.8 Å². The molecule has 0 aliphatic carbocycles. The van der Waals surface area contributed by atoms with Crippen LogP contribution >= 0.6 is 11.6 Å². The Morgan fingerprint density at radius 3 is 2.71 bits per heavy atom. The maximum atomic E-state index is 12.9. The molecule has 0 saturated carbocycles. The summed E-state index contributed by atoms with van der Waals surface area (Å²) < 4.78 is 18.0. The van der Waals surface area contributed by atoms with E-state index >= 15 is 0 Å². The summed E-state index contributed by atoms with van der Waals surface area (Å²) in [6.45, 7) is 0.279. The second-order valence-electron chi connectivity index (χ2n) is 4.38. The summed E-state index contributed by atoms with van der Waals surface area (Å²) in [5.74, 6) is -0.291. The second kappa shape index (κ2) is 6.45. The van der Waals surface area contributed by atoms with Crippen molar-refractivity contribution in [2.45, 2.75) is 6.54 Å². The molecular weight excluding hydrogens is 295 g/mol. The number of carbonyl (C=O) groups excluding carboxylic acids is 1. The fourth-order valence-corrected chi connectivity index (χ4v) is 2.10. The molecule has 1 amide bonds. The van der Waals surface area contributed by atoms with E-state index in [1.807, 2.05) is 0 Å². The number of methoxy groups -OCH3 is 1. The standard InChI is InChI=1S/C15H14ClFN2O2/c1-21-14-5-2-9(6-13(14)18)8-19-15(20)11-4-3-10(17)7-12(11)16/h2-7H,8,18H2,1H3,(H,19,20). The number of amides is 1. The molecule has 2 rings (SSSR count). The molecule has 0 spiro atoms. The topological polar surface area (TPSA) is 64.3 Å². The Hall–Kier alpha value is -2.27. The molecule has 0 aromatic heterocycles. The molecule has 6 heteroatoms. The van der Waals surface area contributed by atoms with Gasteiger partial charge in [-0.15, -0.1) is 0 Å². The molecular formula is C15H14ClFN2O2. The van der Waals surface area contributed by atoms with E-state index in [9.17, 15) is 9.18 Å². The van der Waals surface area contributed by atoms with Crippen molar-refractivity contribution in [2.24, 2.45) is 0 Å². The van der Waals surface area contributed by atoms with E-state index in [0.29, 0.717) is 11.4 Å². The first-order chi connectivity index (χ1) is 10.0. The Morgan fingerprint density at radius 2 is 2.10 bits per heavy atom. The van der Waals surface area contributed by atoms with Crippen LogP contribution in [0, 0.1) is 5.82 Å². The van der Waals surface area contributed by atoms with Crippen LogP contribution in [0.2, 0.25) is 5.02 Å². The molecule has 0 atom stereocenters. The fraction of sp³-hybridized carbons (Fsp3) is 0.133. The molecule has 0 aliphatic rings. The van der Waals surface area contributed by atoms with Gasteiger partial charge in [-0.1, -0.05) is 17.7 Å². The summed E-state index contributed by atoms with van der Waals surface area (Å²) in [6, 6.07) is 8.86. The number of anilines is 1. The summed E-state index contributed by atoms with van der Waals surface area (Å²) in [7, 11) is 1.53. The number of nitrogens with two attached hydrogens (primary N) is 1. The van der Waals surface area contributed by atoms with Gasteiger partial charge in [0, 0.05) is 6.54 Å². The predicted octanol–water partition coefficient (Wildman–Crippen LogP) is 3.00. The minimum Gasteiger partial charge on any atom is -0.495 e. The molecule has 0 unspecified atom stereocenters. The van der Waals surface area contributed by atoms with Crippen LogP contribution in [0.4, 0.5) is 10.1 Å². The number of carbonyl (C=O) groups is 1. The first kappa shape index (κ1) is 15.1. The highest BCUT2D eigenvalue weighted by molar-refractivity contribution is 6.33. The Kier molecular flexibility index (Phi) is 4.65. The summed E-state index contributed by atoms with van der Waals surface area (Å²) in [5, 5.41) is 2.77. The molecule has 0 radical (unpaired) electrons. The van der Waals surface area contributed by atoms with Crippen molar-refractivity contribution >= 4 is 23.2 Å². The Morgan fingerprint density at radius 1 is 1.33 bits per heavy atom. The number of hydrogen-bond donors (Lipinski definition) is 2. The lowest BCUT2D eigenvalue weighted by Crippen LogP contribution is -2.23. The molecule has 2 aromatic rings. The van der Waals surface area contributed by atoms with E-state index in [1.165, 1.54) is 19.2 Å². The highest BCUT2D eigenvalue weighted by atomic mass is 35.5.